The van der Waals surface area contributed by atoms with E-state index in [1.807, 2.05) is 31.2 Å². The number of hydrogen-bond donors (Lipinski definition) is 0. The van der Waals surface area contributed by atoms with E-state index in [2.05, 4.69) is 6.92 Å². The lowest BCUT2D eigenvalue weighted by atomic mass is 10.1. The van der Waals surface area contributed by atoms with Crippen LogP contribution in [0.15, 0.2) is 48.5 Å². The molecule has 0 aromatic heterocycles. The highest BCUT2D eigenvalue weighted by atomic mass is 16.8. The standard InChI is InChI=1S/C24H30O5/c1-4-5-6-7-8-18(2)28-23(25)19-9-13-22(14-10-19)29-24(17-27-24)20-11-15-21(26-3)16-12-20/h9-16,18H,4-8,17H2,1-3H3. The summed E-state index contributed by atoms with van der Waals surface area (Å²) >= 11 is 0. The molecule has 0 bridgehead atoms. The van der Waals surface area contributed by atoms with Crippen molar-refractivity contribution in [1.82, 2.24) is 0 Å². The summed E-state index contributed by atoms with van der Waals surface area (Å²) in [6.45, 7) is 4.62. The Kier molecular flexibility index (Phi) is 7.15. The Bertz CT molecular complexity index is 778. The number of carbonyl (C=O) groups is 1. The minimum Gasteiger partial charge on any atom is -0.497 e. The summed E-state index contributed by atoms with van der Waals surface area (Å²) in [4.78, 5) is 12.3. The van der Waals surface area contributed by atoms with Gasteiger partial charge in [0.25, 0.3) is 5.79 Å². The average molecular weight is 398 g/mol. The number of rotatable bonds is 11. The Morgan fingerprint density at radius 1 is 1.03 bits per heavy atom. The number of benzene rings is 2. The number of esters is 1. The number of unbranched alkanes of at least 4 members (excludes halogenated alkanes) is 3. The number of methoxy groups -OCH3 is 1. The Hall–Kier alpha value is -2.53. The van der Waals surface area contributed by atoms with Crippen LogP contribution in [0.3, 0.4) is 0 Å². The zero-order valence-corrected chi connectivity index (χ0v) is 17.5. The van der Waals surface area contributed by atoms with Gasteiger partial charge in [-0.3, -0.25) is 0 Å². The van der Waals surface area contributed by atoms with E-state index < -0.39 is 5.79 Å². The monoisotopic (exact) mass is 398 g/mol. The molecular weight excluding hydrogens is 368 g/mol. The second kappa shape index (κ2) is 9.79. The van der Waals surface area contributed by atoms with E-state index in [9.17, 15) is 4.79 Å². The SMILES string of the molecule is CCCCCCC(C)OC(=O)c1ccc(OC2(c3ccc(OC)cc3)CO2)cc1. The topological polar surface area (TPSA) is 57.3 Å². The van der Waals surface area contributed by atoms with Crippen molar-refractivity contribution in [2.45, 2.75) is 57.8 Å². The molecule has 29 heavy (non-hydrogen) atoms. The van der Waals surface area contributed by atoms with Gasteiger partial charge in [-0.25, -0.2) is 4.79 Å². The molecule has 2 atom stereocenters. The fourth-order valence-electron chi connectivity index (χ4n) is 3.21. The summed E-state index contributed by atoms with van der Waals surface area (Å²) in [5.74, 6) is 0.364. The molecule has 0 saturated carbocycles. The quantitative estimate of drug-likeness (QED) is 0.285. The number of hydrogen-bond acceptors (Lipinski definition) is 5. The number of epoxide rings is 1. The lowest BCUT2D eigenvalue weighted by Gasteiger charge is -2.16. The second-order valence-electron chi connectivity index (χ2n) is 7.46. The minimum atomic E-state index is -0.763. The molecule has 1 saturated heterocycles. The summed E-state index contributed by atoms with van der Waals surface area (Å²) in [6.07, 6.45) is 5.52. The van der Waals surface area contributed by atoms with Crippen LogP contribution in [0.5, 0.6) is 11.5 Å². The Balaban J connectivity index is 1.53. The Labute approximate surface area is 172 Å². The number of ether oxygens (including phenoxy) is 4. The first-order chi connectivity index (χ1) is 14.1. The van der Waals surface area contributed by atoms with E-state index >= 15 is 0 Å². The van der Waals surface area contributed by atoms with Crippen LogP contribution in [0, 0.1) is 0 Å². The molecule has 1 heterocycles. The smallest absolute Gasteiger partial charge is 0.338 e. The molecule has 2 aromatic carbocycles. The maximum atomic E-state index is 12.3. The van der Waals surface area contributed by atoms with Gasteiger partial charge in [-0.1, -0.05) is 26.2 Å². The van der Waals surface area contributed by atoms with Gasteiger partial charge in [-0.15, -0.1) is 0 Å². The minimum absolute atomic E-state index is 0.0755. The molecule has 5 nitrogen and oxygen atoms in total. The van der Waals surface area contributed by atoms with E-state index in [4.69, 9.17) is 18.9 Å². The molecule has 5 heteroatoms. The van der Waals surface area contributed by atoms with E-state index in [0.29, 0.717) is 17.9 Å². The highest BCUT2D eigenvalue weighted by Gasteiger charge is 2.50. The van der Waals surface area contributed by atoms with Gasteiger partial charge in [0.15, 0.2) is 0 Å². The molecule has 0 radical (unpaired) electrons. The molecule has 2 unspecified atom stereocenters. The van der Waals surface area contributed by atoms with Crippen molar-refractivity contribution < 1.29 is 23.7 Å². The van der Waals surface area contributed by atoms with Gasteiger partial charge in [0.2, 0.25) is 0 Å². The summed E-state index contributed by atoms with van der Waals surface area (Å²) < 4.78 is 22.4. The van der Waals surface area contributed by atoms with Crippen LogP contribution in [0.4, 0.5) is 0 Å². The molecule has 2 aromatic rings. The van der Waals surface area contributed by atoms with Crippen molar-refractivity contribution in [2.24, 2.45) is 0 Å². The van der Waals surface area contributed by atoms with Crippen molar-refractivity contribution >= 4 is 5.97 Å². The molecule has 1 aliphatic heterocycles. The van der Waals surface area contributed by atoms with Crippen LogP contribution in [0.25, 0.3) is 0 Å². The van der Waals surface area contributed by atoms with Crippen LogP contribution in [0.1, 0.15) is 61.9 Å². The predicted molar refractivity (Wildman–Crippen MR) is 111 cm³/mol. The van der Waals surface area contributed by atoms with Gasteiger partial charge in [0, 0.05) is 5.56 Å². The fourth-order valence-corrected chi connectivity index (χ4v) is 3.21. The van der Waals surface area contributed by atoms with Crippen molar-refractivity contribution in [2.75, 3.05) is 13.7 Å². The zero-order chi connectivity index (χ0) is 20.7. The van der Waals surface area contributed by atoms with Crippen molar-refractivity contribution in [1.29, 1.82) is 0 Å². The summed E-state index contributed by atoms with van der Waals surface area (Å²) in [5.41, 5.74) is 1.45. The maximum absolute atomic E-state index is 12.3. The molecule has 0 N–H and O–H groups in total. The van der Waals surface area contributed by atoms with Crippen LogP contribution in [-0.2, 0) is 15.3 Å². The van der Waals surface area contributed by atoms with Crippen molar-refractivity contribution in [3.05, 3.63) is 59.7 Å². The summed E-state index contributed by atoms with van der Waals surface area (Å²) in [5, 5.41) is 0. The van der Waals surface area contributed by atoms with Crippen molar-refractivity contribution in [3.8, 4) is 11.5 Å². The molecule has 1 fully saturated rings. The van der Waals surface area contributed by atoms with E-state index in [-0.39, 0.29) is 12.1 Å². The second-order valence-corrected chi connectivity index (χ2v) is 7.46. The third-order valence-corrected chi connectivity index (χ3v) is 5.08. The molecule has 0 amide bonds. The van der Waals surface area contributed by atoms with Gasteiger partial charge in [0.1, 0.15) is 18.1 Å². The van der Waals surface area contributed by atoms with E-state index in [0.717, 1.165) is 24.2 Å². The lowest BCUT2D eigenvalue weighted by molar-refractivity contribution is 0.0319. The van der Waals surface area contributed by atoms with E-state index in [1.165, 1.54) is 19.3 Å². The van der Waals surface area contributed by atoms with Gasteiger partial charge >= 0.3 is 5.97 Å². The van der Waals surface area contributed by atoms with Gasteiger partial charge in [-0.05, 0) is 68.3 Å². The normalized spacial score (nSPS) is 18.7. The fraction of sp³-hybridized carbons (Fsp3) is 0.458. The summed E-state index contributed by atoms with van der Waals surface area (Å²) in [7, 11) is 1.63. The molecule has 3 rings (SSSR count). The average Bonchev–Trinajstić information content (AvgIpc) is 3.52. The van der Waals surface area contributed by atoms with Gasteiger partial charge < -0.3 is 18.9 Å². The maximum Gasteiger partial charge on any atom is 0.338 e. The molecule has 0 aliphatic carbocycles. The van der Waals surface area contributed by atoms with Crippen molar-refractivity contribution in [3.63, 3.8) is 0 Å². The Morgan fingerprint density at radius 2 is 1.69 bits per heavy atom. The van der Waals surface area contributed by atoms with Crippen LogP contribution in [0.2, 0.25) is 0 Å². The van der Waals surface area contributed by atoms with Gasteiger partial charge in [0.05, 0.1) is 18.8 Å². The third-order valence-electron chi connectivity index (χ3n) is 5.08. The third kappa shape index (κ3) is 5.73. The molecular formula is C24H30O5. The summed E-state index contributed by atoms with van der Waals surface area (Å²) in [6, 6.07) is 14.6. The highest BCUT2D eigenvalue weighted by molar-refractivity contribution is 5.89. The largest absolute Gasteiger partial charge is 0.497 e. The first kappa shape index (κ1) is 21.2. The number of carbonyl (C=O) groups excluding carboxylic acids is 1. The Morgan fingerprint density at radius 3 is 2.28 bits per heavy atom. The predicted octanol–water partition coefficient (Wildman–Crippen LogP) is 5.47. The zero-order valence-electron chi connectivity index (χ0n) is 17.5. The van der Waals surface area contributed by atoms with Gasteiger partial charge in [-0.2, -0.15) is 0 Å². The first-order valence-electron chi connectivity index (χ1n) is 10.3. The van der Waals surface area contributed by atoms with Crippen LogP contribution < -0.4 is 9.47 Å². The van der Waals surface area contributed by atoms with Crippen LogP contribution in [-0.4, -0.2) is 25.8 Å². The van der Waals surface area contributed by atoms with Crippen LogP contribution >= 0.6 is 0 Å². The van der Waals surface area contributed by atoms with E-state index in [1.54, 1.807) is 31.4 Å². The lowest BCUT2D eigenvalue weighted by Crippen LogP contribution is -2.18. The molecule has 0 spiro atoms. The first-order valence-corrected chi connectivity index (χ1v) is 10.3. The highest BCUT2D eigenvalue weighted by Crippen LogP contribution is 2.41. The molecule has 156 valence electrons. The molecule has 1 aliphatic rings.